The molecule has 13 heavy (non-hydrogen) atoms. The molecule has 1 aliphatic rings. The highest BCUT2D eigenvalue weighted by Crippen LogP contribution is 2.45. The highest BCUT2D eigenvalue weighted by molar-refractivity contribution is 4.93. The zero-order valence-corrected chi connectivity index (χ0v) is 9.56. The second-order valence-corrected chi connectivity index (χ2v) is 6.00. The zero-order valence-electron chi connectivity index (χ0n) is 9.56. The van der Waals surface area contributed by atoms with Crippen LogP contribution in [0.1, 0.15) is 59.8 Å². The maximum Gasteiger partial charge on any atom is 0.0653 e. The van der Waals surface area contributed by atoms with Crippen molar-refractivity contribution in [2.24, 2.45) is 11.3 Å². The van der Waals surface area contributed by atoms with Crippen molar-refractivity contribution in [3.05, 3.63) is 0 Å². The Balaban J connectivity index is 2.41. The lowest BCUT2D eigenvalue weighted by Crippen LogP contribution is -2.26. The van der Waals surface area contributed by atoms with Crippen LogP contribution in [0.4, 0.5) is 0 Å². The van der Waals surface area contributed by atoms with Crippen molar-refractivity contribution in [3.8, 4) is 0 Å². The highest BCUT2D eigenvalue weighted by Gasteiger charge is 2.41. The number of rotatable bonds is 3. The highest BCUT2D eigenvalue weighted by atomic mass is 16.3. The van der Waals surface area contributed by atoms with Crippen molar-refractivity contribution in [1.82, 2.24) is 0 Å². The molecule has 1 aliphatic carbocycles. The van der Waals surface area contributed by atoms with Gasteiger partial charge in [0.1, 0.15) is 0 Å². The van der Waals surface area contributed by atoms with Crippen LogP contribution in [0.5, 0.6) is 0 Å². The van der Waals surface area contributed by atoms with Crippen molar-refractivity contribution in [3.63, 3.8) is 0 Å². The molecule has 78 valence electrons. The van der Waals surface area contributed by atoms with Crippen LogP contribution in [-0.4, -0.2) is 10.7 Å². The molecule has 0 heterocycles. The first-order valence-corrected chi connectivity index (χ1v) is 5.55. The van der Waals surface area contributed by atoms with Gasteiger partial charge in [-0.3, -0.25) is 0 Å². The van der Waals surface area contributed by atoms with Gasteiger partial charge in [-0.25, -0.2) is 0 Å². The van der Waals surface area contributed by atoms with E-state index in [9.17, 15) is 5.11 Å². The molecule has 0 spiro atoms. The van der Waals surface area contributed by atoms with Gasteiger partial charge in [0.25, 0.3) is 0 Å². The Bertz CT molecular complexity index is 172. The lowest BCUT2D eigenvalue weighted by molar-refractivity contribution is 0.0239. The van der Waals surface area contributed by atoms with E-state index in [0.717, 1.165) is 25.7 Å². The summed E-state index contributed by atoms with van der Waals surface area (Å²) in [5.74, 6) is 0.715. The van der Waals surface area contributed by atoms with Crippen LogP contribution < -0.4 is 0 Å². The second-order valence-electron chi connectivity index (χ2n) is 6.00. The van der Waals surface area contributed by atoms with Gasteiger partial charge in [-0.2, -0.15) is 0 Å². The monoisotopic (exact) mass is 184 g/mol. The molecule has 0 aliphatic heterocycles. The first-order chi connectivity index (χ1) is 5.83. The van der Waals surface area contributed by atoms with E-state index in [-0.39, 0.29) is 5.60 Å². The van der Waals surface area contributed by atoms with Crippen LogP contribution >= 0.6 is 0 Å². The molecule has 0 bridgehead atoms. The molecule has 0 aromatic carbocycles. The Morgan fingerprint density at radius 2 is 1.85 bits per heavy atom. The summed E-state index contributed by atoms with van der Waals surface area (Å²) in [5.41, 5.74) is 0.0273. The molecule has 1 fully saturated rings. The molecule has 1 saturated carbocycles. The molecular weight excluding hydrogens is 160 g/mol. The van der Waals surface area contributed by atoms with E-state index in [1.807, 2.05) is 0 Å². The summed E-state index contributed by atoms with van der Waals surface area (Å²) in [7, 11) is 0. The molecule has 1 atom stereocenters. The number of aliphatic hydroxyl groups is 1. The standard InChI is InChI=1S/C12H24O/c1-10(2)5-6-12(13)8-7-11(3,4)9-12/h10,13H,5-9H2,1-4H3. The van der Waals surface area contributed by atoms with Gasteiger partial charge >= 0.3 is 0 Å². The Labute approximate surface area is 82.5 Å². The van der Waals surface area contributed by atoms with Crippen LogP contribution in [0.15, 0.2) is 0 Å². The van der Waals surface area contributed by atoms with Gasteiger partial charge in [0, 0.05) is 0 Å². The van der Waals surface area contributed by atoms with E-state index in [1.165, 1.54) is 6.42 Å². The van der Waals surface area contributed by atoms with E-state index in [2.05, 4.69) is 27.7 Å². The van der Waals surface area contributed by atoms with Gasteiger partial charge in [0.05, 0.1) is 5.60 Å². The third-order valence-electron chi connectivity index (χ3n) is 3.26. The lowest BCUT2D eigenvalue weighted by Gasteiger charge is -2.25. The summed E-state index contributed by atoms with van der Waals surface area (Å²) in [6.45, 7) is 8.98. The quantitative estimate of drug-likeness (QED) is 0.713. The minimum Gasteiger partial charge on any atom is -0.390 e. The average molecular weight is 184 g/mol. The van der Waals surface area contributed by atoms with Crippen LogP contribution in [-0.2, 0) is 0 Å². The average Bonchev–Trinajstić information content (AvgIpc) is 2.23. The topological polar surface area (TPSA) is 20.2 Å². The Kier molecular flexibility index (Phi) is 3.06. The fraction of sp³-hybridized carbons (Fsp3) is 1.00. The number of hydrogen-bond donors (Lipinski definition) is 1. The van der Waals surface area contributed by atoms with Gasteiger partial charge in [-0.15, -0.1) is 0 Å². The first kappa shape index (κ1) is 11.0. The molecule has 1 N–H and O–H groups in total. The molecule has 1 heteroatoms. The van der Waals surface area contributed by atoms with E-state index in [0.29, 0.717) is 11.3 Å². The Morgan fingerprint density at radius 1 is 1.23 bits per heavy atom. The maximum absolute atomic E-state index is 10.3. The van der Waals surface area contributed by atoms with E-state index in [1.54, 1.807) is 0 Å². The van der Waals surface area contributed by atoms with Crippen LogP contribution in [0.3, 0.4) is 0 Å². The molecule has 1 unspecified atom stereocenters. The van der Waals surface area contributed by atoms with Crippen molar-refractivity contribution in [1.29, 1.82) is 0 Å². The van der Waals surface area contributed by atoms with Crippen molar-refractivity contribution < 1.29 is 5.11 Å². The molecule has 0 aromatic heterocycles. The second kappa shape index (κ2) is 3.61. The molecular formula is C12H24O. The Hall–Kier alpha value is -0.0400. The predicted molar refractivity (Wildman–Crippen MR) is 56.7 cm³/mol. The van der Waals surface area contributed by atoms with Crippen LogP contribution in [0, 0.1) is 11.3 Å². The lowest BCUT2D eigenvalue weighted by atomic mass is 9.86. The van der Waals surface area contributed by atoms with Gasteiger partial charge in [-0.05, 0) is 43.4 Å². The fourth-order valence-corrected chi connectivity index (χ4v) is 2.41. The smallest absolute Gasteiger partial charge is 0.0653 e. The van der Waals surface area contributed by atoms with Crippen molar-refractivity contribution >= 4 is 0 Å². The van der Waals surface area contributed by atoms with Crippen LogP contribution in [0.2, 0.25) is 0 Å². The van der Waals surface area contributed by atoms with E-state index >= 15 is 0 Å². The molecule has 1 nitrogen and oxygen atoms in total. The summed E-state index contributed by atoms with van der Waals surface area (Å²) in [6, 6.07) is 0. The maximum atomic E-state index is 10.3. The summed E-state index contributed by atoms with van der Waals surface area (Å²) < 4.78 is 0. The normalized spacial score (nSPS) is 32.8. The van der Waals surface area contributed by atoms with Gasteiger partial charge in [-0.1, -0.05) is 27.7 Å². The third kappa shape index (κ3) is 3.30. The van der Waals surface area contributed by atoms with Gasteiger partial charge in [0.15, 0.2) is 0 Å². The first-order valence-electron chi connectivity index (χ1n) is 5.55. The molecule has 0 radical (unpaired) electrons. The zero-order chi connectivity index (χ0) is 10.1. The largest absolute Gasteiger partial charge is 0.390 e. The third-order valence-corrected chi connectivity index (χ3v) is 3.26. The van der Waals surface area contributed by atoms with E-state index < -0.39 is 0 Å². The minimum atomic E-state index is -0.340. The SMILES string of the molecule is CC(C)CCC1(O)CCC(C)(C)C1. The summed E-state index contributed by atoms with van der Waals surface area (Å²) in [4.78, 5) is 0. The van der Waals surface area contributed by atoms with Crippen molar-refractivity contribution in [2.45, 2.75) is 65.4 Å². The summed E-state index contributed by atoms with van der Waals surface area (Å²) in [5, 5.41) is 10.3. The fourth-order valence-electron chi connectivity index (χ4n) is 2.41. The molecule has 0 aromatic rings. The van der Waals surface area contributed by atoms with Gasteiger partial charge in [0.2, 0.25) is 0 Å². The Morgan fingerprint density at radius 3 is 2.23 bits per heavy atom. The predicted octanol–water partition coefficient (Wildman–Crippen LogP) is 3.36. The van der Waals surface area contributed by atoms with E-state index in [4.69, 9.17) is 0 Å². The molecule has 0 saturated heterocycles. The number of hydrogen-bond acceptors (Lipinski definition) is 1. The summed E-state index contributed by atoms with van der Waals surface area (Å²) >= 11 is 0. The van der Waals surface area contributed by atoms with Crippen LogP contribution in [0.25, 0.3) is 0 Å². The van der Waals surface area contributed by atoms with Gasteiger partial charge < -0.3 is 5.11 Å². The molecule has 1 rings (SSSR count). The van der Waals surface area contributed by atoms with Crippen molar-refractivity contribution in [2.75, 3.05) is 0 Å². The molecule has 0 amide bonds. The summed E-state index contributed by atoms with van der Waals surface area (Å²) in [6.07, 6.45) is 5.34. The minimum absolute atomic E-state index is 0.340.